The maximum absolute atomic E-state index is 13.2. The topological polar surface area (TPSA) is 113 Å². The summed E-state index contributed by atoms with van der Waals surface area (Å²) in [4.78, 5) is 53.4. The summed E-state index contributed by atoms with van der Waals surface area (Å²) in [6.07, 6.45) is 4.32. The van der Waals surface area contributed by atoms with Crippen molar-refractivity contribution in [3.8, 4) is 0 Å². The largest absolute Gasteiger partial charge is 0.328 e. The molecule has 0 spiro atoms. The predicted octanol–water partition coefficient (Wildman–Crippen LogP) is 1.18. The third-order valence-electron chi connectivity index (χ3n) is 6.59. The number of hydrogen-bond acceptors (Lipinski definition) is 6. The van der Waals surface area contributed by atoms with Crippen LogP contribution in [0.4, 0.5) is 0 Å². The van der Waals surface area contributed by atoms with E-state index in [4.69, 9.17) is 5.73 Å². The molecule has 0 aromatic heterocycles. The normalized spacial score (nSPS) is 26.9. The smallest absolute Gasteiger partial charge is 0.262 e. The standard InChI is InChI=1S/C22H28N4O4/c1-2-25(15-8-6-14(23)7-9-15)12-13-4-3-5-16-19(13)22(30)26(21(16)29)17-10-11-18(27)24-20(17)28/h3-5,14-15,17H,2,6-12,23H2,1H3,(H,24,27,28). The summed E-state index contributed by atoms with van der Waals surface area (Å²) in [5.41, 5.74) is 7.57. The van der Waals surface area contributed by atoms with Crippen LogP contribution >= 0.6 is 0 Å². The van der Waals surface area contributed by atoms with Gasteiger partial charge in [-0.05, 0) is 50.3 Å². The van der Waals surface area contributed by atoms with E-state index in [9.17, 15) is 19.2 Å². The van der Waals surface area contributed by atoms with Crippen LogP contribution in [0.15, 0.2) is 18.2 Å². The molecule has 1 unspecified atom stereocenters. The van der Waals surface area contributed by atoms with Crippen molar-refractivity contribution in [3.05, 3.63) is 34.9 Å². The monoisotopic (exact) mass is 412 g/mol. The van der Waals surface area contributed by atoms with Crippen molar-refractivity contribution in [2.24, 2.45) is 5.73 Å². The first-order valence-corrected chi connectivity index (χ1v) is 10.7. The highest BCUT2D eigenvalue weighted by Gasteiger charge is 2.45. The first-order chi connectivity index (χ1) is 14.4. The Balaban J connectivity index is 1.58. The zero-order valence-corrected chi connectivity index (χ0v) is 17.2. The fraction of sp³-hybridized carbons (Fsp3) is 0.545. The van der Waals surface area contributed by atoms with Crippen LogP contribution in [0.2, 0.25) is 0 Å². The van der Waals surface area contributed by atoms with Crippen LogP contribution in [0.25, 0.3) is 0 Å². The summed E-state index contributed by atoms with van der Waals surface area (Å²) in [7, 11) is 0. The number of nitrogens with zero attached hydrogens (tertiary/aromatic N) is 2. The number of hydrogen-bond donors (Lipinski definition) is 2. The Hall–Kier alpha value is -2.58. The Labute approximate surface area is 175 Å². The van der Waals surface area contributed by atoms with Crippen LogP contribution in [-0.4, -0.2) is 58.1 Å². The Bertz CT molecular complexity index is 891. The SMILES string of the molecule is CCN(Cc1cccc2c1C(=O)N(C1CCC(=O)NC1=O)C2=O)C1CCC(N)CC1. The van der Waals surface area contributed by atoms with Crippen molar-refractivity contribution in [2.75, 3.05) is 6.54 Å². The molecular formula is C22H28N4O4. The van der Waals surface area contributed by atoms with Gasteiger partial charge in [0.2, 0.25) is 11.8 Å². The lowest BCUT2D eigenvalue weighted by Gasteiger charge is -2.35. The van der Waals surface area contributed by atoms with Crippen molar-refractivity contribution >= 4 is 23.6 Å². The van der Waals surface area contributed by atoms with E-state index in [0.717, 1.165) is 42.7 Å². The van der Waals surface area contributed by atoms with Gasteiger partial charge in [0.15, 0.2) is 0 Å². The number of benzene rings is 1. The molecule has 2 heterocycles. The van der Waals surface area contributed by atoms with Gasteiger partial charge < -0.3 is 5.73 Å². The number of amides is 4. The maximum Gasteiger partial charge on any atom is 0.262 e. The molecule has 8 nitrogen and oxygen atoms in total. The molecule has 1 aliphatic carbocycles. The maximum atomic E-state index is 13.2. The highest BCUT2D eigenvalue weighted by Crippen LogP contribution is 2.31. The van der Waals surface area contributed by atoms with Gasteiger partial charge in [0.1, 0.15) is 6.04 Å². The van der Waals surface area contributed by atoms with Gasteiger partial charge in [0, 0.05) is 25.0 Å². The lowest BCUT2D eigenvalue weighted by atomic mass is 9.90. The van der Waals surface area contributed by atoms with Gasteiger partial charge in [0.05, 0.1) is 11.1 Å². The number of nitrogens with one attached hydrogen (secondary N) is 1. The average Bonchev–Trinajstić information content (AvgIpc) is 2.98. The summed E-state index contributed by atoms with van der Waals surface area (Å²) < 4.78 is 0. The number of imide groups is 2. The molecule has 1 aromatic rings. The molecule has 0 bridgehead atoms. The first-order valence-electron chi connectivity index (χ1n) is 10.7. The Morgan fingerprint density at radius 1 is 1.07 bits per heavy atom. The molecule has 2 fully saturated rings. The van der Waals surface area contributed by atoms with Gasteiger partial charge in [-0.3, -0.25) is 34.3 Å². The van der Waals surface area contributed by atoms with Crippen molar-refractivity contribution in [1.29, 1.82) is 0 Å². The van der Waals surface area contributed by atoms with Gasteiger partial charge in [-0.25, -0.2) is 0 Å². The summed E-state index contributed by atoms with van der Waals surface area (Å²) in [5.74, 6) is -1.87. The molecule has 2 aliphatic heterocycles. The summed E-state index contributed by atoms with van der Waals surface area (Å²) >= 11 is 0. The van der Waals surface area contributed by atoms with Gasteiger partial charge in [-0.1, -0.05) is 19.1 Å². The second kappa shape index (κ2) is 8.28. The van der Waals surface area contributed by atoms with E-state index in [0.29, 0.717) is 23.7 Å². The van der Waals surface area contributed by atoms with E-state index in [2.05, 4.69) is 17.1 Å². The zero-order chi connectivity index (χ0) is 21.4. The van der Waals surface area contributed by atoms with Crippen molar-refractivity contribution in [2.45, 2.75) is 70.1 Å². The lowest BCUT2D eigenvalue weighted by molar-refractivity contribution is -0.136. The van der Waals surface area contributed by atoms with Crippen molar-refractivity contribution in [1.82, 2.24) is 15.1 Å². The summed E-state index contributed by atoms with van der Waals surface area (Å²) in [5, 5.41) is 2.23. The molecule has 4 rings (SSSR count). The number of carbonyl (C=O) groups is 4. The van der Waals surface area contributed by atoms with E-state index in [1.165, 1.54) is 0 Å². The van der Waals surface area contributed by atoms with E-state index < -0.39 is 23.8 Å². The number of piperidine rings is 1. The predicted molar refractivity (Wildman–Crippen MR) is 109 cm³/mol. The summed E-state index contributed by atoms with van der Waals surface area (Å²) in [6.45, 7) is 3.50. The van der Waals surface area contributed by atoms with Crippen molar-refractivity contribution < 1.29 is 19.2 Å². The lowest BCUT2D eigenvalue weighted by Crippen LogP contribution is -2.54. The Morgan fingerprint density at radius 3 is 2.47 bits per heavy atom. The third-order valence-corrected chi connectivity index (χ3v) is 6.59. The molecule has 1 atom stereocenters. The molecule has 160 valence electrons. The molecule has 3 aliphatic rings. The second-order valence-corrected chi connectivity index (χ2v) is 8.42. The number of carbonyl (C=O) groups excluding carboxylic acids is 4. The molecule has 8 heteroatoms. The van der Waals surface area contributed by atoms with Crippen molar-refractivity contribution in [3.63, 3.8) is 0 Å². The highest BCUT2D eigenvalue weighted by molar-refractivity contribution is 6.24. The second-order valence-electron chi connectivity index (χ2n) is 8.42. The van der Waals surface area contributed by atoms with Crippen LogP contribution in [0, 0.1) is 0 Å². The molecule has 1 saturated heterocycles. The third kappa shape index (κ3) is 3.65. The number of nitrogens with two attached hydrogens (primary N) is 1. The minimum absolute atomic E-state index is 0.115. The fourth-order valence-corrected chi connectivity index (χ4v) is 4.90. The van der Waals surface area contributed by atoms with Gasteiger partial charge >= 0.3 is 0 Å². The first kappa shape index (κ1) is 20.7. The fourth-order valence-electron chi connectivity index (χ4n) is 4.90. The van der Waals surface area contributed by atoms with Crippen LogP contribution in [-0.2, 0) is 16.1 Å². The van der Waals surface area contributed by atoms with Crippen LogP contribution in [0.3, 0.4) is 0 Å². The Morgan fingerprint density at radius 2 is 1.80 bits per heavy atom. The minimum atomic E-state index is -0.940. The highest BCUT2D eigenvalue weighted by atomic mass is 16.2. The Kier molecular flexibility index (Phi) is 5.71. The molecule has 3 N–H and O–H groups in total. The van der Waals surface area contributed by atoms with Gasteiger partial charge in [-0.2, -0.15) is 0 Å². The van der Waals surface area contributed by atoms with Gasteiger partial charge in [0.25, 0.3) is 11.8 Å². The minimum Gasteiger partial charge on any atom is -0.328 e. The average molecular weight is 412 g/mol. The van der Waals surface area contributed by atoms with Crippen LogP contribution in [0.5, 0.6) is 0 Å². The van der Waals surface area contributed by atoms with E-state index >= 15 is 0 Å². The number of rotatable bonds is 5. The quantitative estimate of drug-likeness (QED) is 0.702. The number of fused-ring (bicyclic) bond motifs is 1. The summed E-state index contributed by atoms with van der Waals surface area (Å²) in [6, 6.07) is 5.05. The molecule has 1 aromatic carbocycles. The van der Waals surface area contributed by atoms with Crippen LogP contribution in [0.1, 0.15) is 71.7 Å². The van der Waals surface area contributed by atoms with E-state index in [-0.39, 0.29) is 24.8 Å². The zero-order valence-electron chi connectivity index (χ0n) is 17.2. The van der Waals surface area contributed by atoms with Crippen LogP contribution < -0.4 is 11.1 Å². The molecule has 0 radical (unpaired) electrons. The molecule has 4 amide bonds. The van der Waals surface area contributed by atoms with E-state index in [1.54, 1.807) is 12.1 Å². The molecular weight excluding hydrogens is 384 g/mol. The van der Waals surface area contributed by atoms with Gasteiger partial charge in [-0.15, -0.1) is 0 Å². The molecule has 1 saturated carbocycles. The molecule has 30 heavy (non-hydrogen) atoms. The van der Waals surface area contributed by atoms with E-state index in [1.807, 2.05) is 6.07 Å².